The second kappa shape index (κ2) is 10.6. The molecule has 0 saturated heterocycles. The molecule has 4 atom stereocenters. The Hall–Kier alpha value is 1.06. The first-order valence-corrected chi connectivity index (χ1v) is 3.48. The molecule has 0 heterocycles. The molecule has 4 unspecified atom stereocenters. The summed E-state index contributed by atoms with van der Waals surface area (Å²) >= 11 is 0. The third-order valence-electron chi connectivity index (χ3n) is 1.51. The van der Waals surface area contributed by atoms with Crippen LogP contribution in [-0.4, -0.2) is 109 Å². The van der Waals surface area contributed by atoms with Crippen molar-refractivity contribution in [1.82, 2.24) is 0 Å². The zero-order valence-electron chi connectivity index (χ0n) is 9.11. The van der Waals surface area contributed by atoms with Crippen LogP contribution in [0.2, 0.25) is 0 Å². The molecule has 0 saturated carbocycles. The van der Waals surface area contributed by atoms with E-state index in [0.717, 1.165) is 0 Å². The number of rotatable bonds is 5. The van der Waals surface area contributed by atoms with Crippen LogP contribution in [-0.2, 0) is 0 Å². The van der Waals surface area contributed by atoms with Crippen LogP contribution in [0, 0.1) is 0 Å². The molecule has 6 N–H and O–H groups in total. The third kappa shape index (κ3) is 6.53. The van der Waals surface area contributed by atoms with Gasteiger partial charge in [0.2, 0.25) is 0 Å². The maximum atomic E-state index is 8.96. The summed E-state index contributed by atoms with van der Waals surface area (Å²) in [5, 5.41) is 52.2. The summed E-state index contributed by atoms with van der Waals surface area (Å²) in [6.07, 6.45) is -6.39. The first-order valence-electron chi connectivity index (χ1n) is 3.48. The minimum atomic E-state index is -1.67. The Morgan fingerprint density at radius 2 is 1.00 bits per heavy atom. The molecule has 0 aromatic carbocycles. The molecule has 0 radical (unpaired) electrons. The SMILES string of the molecule is OCC(O)C(O)C(O)C(O)CO.[AlH3].[H-].[H-].[Mg+2]. The number of hydrogen-bond donors (Lipinski definition) is 6. The van der Waals surface area contributed by atoms with Gasteiger partial charge in [-0.1, -0.05) is 0 Å². The second-order valence-electron chi connectivity index (χ2n) is 2.48. The molecule has 0 amide bonds. The van der Waals surface area contributed by atoms with Crippen molar-refractivity contribution in [3.8, 4) is 0 Å². The zero-order valence-corrected chi connectivity index (χ0v) is 8.53. The number of aliphatic hydroxyl groups is 6. The molecule has 0 fully saturated rings. The van der Waals surface area contributed by atoms with E-state index >= 15 is 0 Å². The largest absolute Gasteiger partial charge is 2.00 e. The summed E-state index contributed by atoms with van der Waals surface area (Å²) in [5.74, 6) is 0. The van der Waals surface area contributed by atoms with Crippen LogP contribution in [0.4, 0.5) is 0 Å². The minimum absolute atomic E-state index is 0. The molecule has 6 nitrogen and oxygen atoms in total. The molecule has 0 aromatic rings. The molecule has 0 aliphatic rings. The van der Waals surface area contributed by atoms with Gasteiger partial charge in [0, 0.05) is 0 Å². The van der Waals surface area contributed by atoms with Crippen molar-refractivity contribution in [1.29, 1.82) is 0 Å². The number of hydrogen-bond acceptors (Lipinski definition) is 6. The maximum absolute atomic E-state index is 8.96. The van der Waals surface area contributed by atoms with Crippen molar-refractivity contribution in [3.63, 3.8) is 0 Å². The van der Waals surface area contributed by atoms with Crippen molar-refractivity contribution >= 4 is 40.4 Å². The van der Waals surface area contributed by atoms with Gasteiger partial charge in [0.15, 0.2) is 17.4 Å². The third-order valence-corrected chi connectivity index (χ3v) is 1.51. The smallest absolute Gasteiger partial charge is 1.00 e. The first-order chi connectivity index (χ1) is 5.54. The molecule has 0 aliphatic heterocycles. The summed E-state index contributed by atoms with van der Waals surface area (Å²) in [6.45, 7) is -1.45. The standard InChI is InChI=1S/C6H14O6.Al.Mg.5H/c7-1-3(9)5(11)6(12)4(10)2-8;;;;;;;/h3-12H,1-2H2;;;;;;;/q;;+2;;;;2*-1. The maximum Gasteiger partial charge on any atom is 2.00 e. The Balaban J connectivity index is -0.000000101. The predicted molar refractivity (Wildman–Crippen MR) is 56.1 cm³/mol. The summed E-state index contributed by atoms with van der Waals surface area (Å²) < 4.78 is 0. The van der Waals surface area contributed by atoms with Crippen molar-refractivity contribution in [2.24, 2.45) is 0 Å². The fourth-order valence-electron chi connectivity index (χ4n) is 0.671. The van der Waals surface area contributed by atoms with E-state index in [-0.39, 0.29) is 43.3 Å². The van der Waals surface area contributed by atoms with Gasteiger partial charge in [-0.15, -0.1) is 0 Å². The fourth-order valence-corrected chi connectivity index (χ4v) is 0.671. The van der Waals surface area contributed by atoms with Crippen LogP contribution in [0.3, 0.4) is 0 Å². The van der Waals surface area contributed by atoms with Crippen LogP contribution in [0.15, 0.2) is 0 Å². The van der Waals surface area contributed by atoms with Crippen molar-refractivity contribution in [2.75, 3.05) is 13.2 Å². The zero-order chi connectivity index (χ0) is 9.72. The van der Waals surface area contributed by atoms with Gasteiger partial charge in [-0.25, -0.2) is 0 Å². The van der Waals surface area contributed by atoms with Crippen molar-refractivity contribution < 1.29 is 33.5 Å². The van der Waals surface area contributed by atoms with Crippen LogP contribution in [0.5, 0.6) is 0 Å². The van der Waals surface area contributed by atoms with E-state index in [1.54, 1.807) is 0 Å². The average Bonchev–Trinajstić information content (AvgIpc) is 2.12. The van der Waals surface area contributed by atoms with Gasteiger partial charge in [0.1, 0.15) is 24.4 Å². The molecule has 0 aliphatic carbocycles. The van der Waals surface area contributed by atoms with E-state index in [1.165, 1.54) is 0 Å². The van der Waals surface area contributed by atoms with Crippen LogP contribution >= 0.6 is 0 Å². The summed E-state index contributed by atoms with van der Waals surface area (Å²) in [5.41, 5.74) is 0. The average molecular weight is 238 g/mol. The second-order valence-corrected chi connectivity index (χ2v) is 2.48. The minimum Gasteiger partial charge on any atom is -1.00 e. The first kappa shape index (κ1) is 20.5. The Bertz CT molecular complexity index is 124. The summed E-state index contributed by atoms with van der Waals surface area (Å²) in [6, 6.07) is 0. The van der Waals surface area contributed by atoms with Gasteiger partial charge in [-0.05, 0) is 0 Å². The van der Waals surface area contributed by atoms with Crippen molar-refractivity contribution in [2.45, 2.75) is 24.4 Å². The van der Waals surface area contributed by atoms with Gasteiger partial charge in [0.25, 0.3) is 0 Å². The molecule has 84 valence electrons. The monoisotopic (exact) mass is 238 g/mol. The quantitative estimate of drug-likeness (QED) is 0.267. The van der Waals surface area contributed by atoms with Gasteiger partial charge < -0.3 is 33.5 Å². The topological polar surface area (TPSA) is 121 Å². The van der Waals surface area contributed by atoms with Crippen LogP contribution in [0.25, 0.3) is 0 Å². The van der Waals surface area contributed by atoms with Gasteiger partial charge in [0.05, 0.1) is 13.2 Å². The Labute approximate surface area is 111 Å². The van der Waals surface area contributed by atoms with E-state index in [9.17, 15) is 0 Å². The summed E-state index contributed by atoms with van der Waals surface area (Å²) in [4.78, 5) is 0. The fraction of sp³-hybridized carbons (Fsp3) is 1.00. The molecule has 0 bridgehead atoms. The Morgan fingerprint density at radius 1 is 0.786 bits per heavy atom. The number of aliphatic hydroxyl groups excluding tert-OH is 6. The Morgan fingerprint density at radius 3 is 1.14 bits per heavy atom. The molecule has 0 rings (SSSR count). The van der Waals surface area contributed by atoms with E-state index in [1.807, 2.05) is 0 Å². The normalized spacial score (nSPS) is 18.4. The molecule has 8 heteroatoms. The van der Waals surface area contributed by atoms with Gasteiger partial charge in [-0.2, -0.15) is 0 Å². The van der Waals surface area contributed by atoms with Crippen LogP contribution in [0.1, 0.15) is 2.85 Å². The molecule has 14 heavy (non-hydrogen) atoms. The molecular weight excluding hydrogens is 219 g/mol. The van der Waals surface area contributed by atoms with Crippen molar-refractivity contribution in [3.05, 3.63) is 0 Å². The van der Waals surface area contributed by atoms with E-state index < -0.39 is 37.6 Å². The van der Waals surface area contributed by atoms with E-state index in [0.29, 0.717) is 0 Å². The molecule has 0 spiro atoms. The molecule has 0 aromatic heterocycles. The van der Waals surface area contributed by atoms with Crippen LogP contribution < -0.4 is 0 Å². The van der Waals surface area contributed by atoms with E-state index in [2.05, 4.69) is 0 Å². The predicted octanol–water partition coefficient (Wildman–Crippen LogP) is -4.93. The van der Waals surface area contributed by atoms with E-state index in [4.69, 9.17) is 30.6 Å². The molecular formula is C6H19AlMgO6. The summed E-state index contributed by atoms with van der Waals surface area (Å²) in [7, 11) is 0. The van der Waals surface area contributed by atoms with Gasteiger partial charge in [-0.3, -0.25) is 0 Å². The van der Waals surface area contributed by atoms with Gasteiger partial charge >= 0.3 is 23.1 Å². The Kier molecular flexibility index (Phi) is 15.5.